The topological polar surface area (TPSA) is 38.8 Å². The van der Waals surface area contributed by atoms with E-state index >= 15 is 0 Å². The minimum atomic E-state index is -0.104. The van der Waals surface area contributed by atoms with Gasteiger partial charge < -0.3 is 14.4 Å². The molecule has 0 N–H and O–H groups in total. The number of rotatable bonds is 7. The Kier molecular flexibility index (Phi) is 6.20. The van der Waals surface area contributed by atoms with Crippen LogP contribution in [-0.4, -0.2) is 26.7 Å². The fourth-order valence-electron chi connectivity index (χ4n) is 2.11. The maximum absolute atomic E-state index is 12.3. The number of anilines is 1. The van der Waals surface area contributed by atoms with Crippen molar-refractivity contribution >= 4 is 17.7 Å². The number of hydrogen-bond donors (Lipinski definition) is 0. The van der Waals surface area contributed by atoms with E-state index in [0.717, 1.165) is 11.3 Å². The largest absolute Gasteiger partial charge is 0.493 e. The summed E-state index contributed by atoms with van der Waals surface area (Å²) in [7, 11) is 3.33. The van der Waals surface area contributed by atoms with E-state index in [1.54, 1.807) is 31.2 Å². The van der Waals surface area contributed by atoms with Gasteiger partial charge in [0.1, 0.15) is 6.61 Å². The Hall–Kier alpha value is -3.01. The van der Waals surface area contributed by atoms with Gasteiger partial charge in [-0.1, -0.05) is 36.9 Å². The van der Waals surface area contributed by atoms with Crippen molar-refractivity contribution in [3.8, 4) is 11.5 Å². The highest BCUT2D eigenvalue weighted by molar-refractivity contribution is 6.03. The number of carbonyl (C=O) groups is 1. The Labute approximate surface area is 142 Å². The predicted octanol–water partition coefficient (Wildman–Crippen LogP) is 3.94. The van der Waals surface area contributed by atoms with E-state index in [1.165, 1.54) is 6.08 Å². The fraction of sp³-hybridized carbons (Fsp3) is 0.150. The van der Waals surface area contributed by atoms with E-state index in [9.17, 15) is 4.79 Å². The molecule has 24 heavy (non-hydrogen) atoms. The fourth-order valence-corrected chi connectivity index (χ4v) is 2.11. The third kappa shape index (κ3) is 4.49. The molecule has 2 rings (SSSR count). The molecule has 4 nitrogen and oxygen atoms in total. The first-order valence-corrected chi connectivity index (χ1v) is 7.58. The average Bonchev–Trinajstić information content (AvgIpc) is 2.64. The van der Waals surface area contributed by atoms with Crippen LogP contribution in [-0.2, 0) is 4.79 Å². The van der Waals surface area contributed by atoms with Crippen molar-refractivity contribution in [1.82, 2.24) is 0 Å². The molecule has 0 spiro atoms. The van der Waals surface area contributed by atoms with Gasteiger partial charge in [0.05, 0.1) is 7.11 Å². The summed E-state index contributed by atoms with van der Waals surface area (Å²) in [6, 6.07) is 15.0. The van der Waals surface area contributed by atoms with Crippen LogP contribution >= 0.6 is 0 Å². The molecule has 0 saturated carbocycles. The molecule has 4 heteroatoms. The summed E-state index contributed by atoms with van der Waals surface area (Å²) in [6.45, 7) is 4.03. The summed E-state index contributed by atoms with van der Waals surface area (Å²) in [4.78, 5) is 13.8. The lowest BCUT2D eigenvalue weighted by atomic mass is 10.2. The van der Waals surface area contributed by atoms with Gasteiger partial charge in [0.15, 0.2) is 11.5 Å². The van der Waals surface area contributed by atoms with Crippen LogP contribution in [0.4, 0.5) is 5.69 Å². The number of carbonyl (C=O) groups excluding carboxylic acids is 1. The van der Waals surface area contributed by atoms with Crippen molar-refractivity contribution in [3.63, 3.8) is 0 Å². The molecule has 1 amide bonds. The molecule has 0 atom stereocenters. The van der Waals surface area contributed by atoms with Crippen LogP contribution in [0, 0.1) is 0 Å². The Morgan fingerprint density at radius 2 is 1.92 bits per heavy atom. The number of hydrogen-bond acceptors (Lipinski definition) is 3. The average molecular weight is 323 g/mol. The van der Waals surface area contributed by atoms with Crippen LogP contribution in [0.5, 0.6) is 11.5 Å². The van der Waals surface area contributed by atoms with Crippen LogP contribution in [0.15, 0.2) is 67.3 Å². The van der Waals surface area contributed by atoms with Gasteiger partial charge in [0.25, 0.3) is 5.91 Å². The normalized spacial score (nSPS) is 10.4. The lowest BCUT2D eigenvalue weighted by Crippen LogP contribution is -2.23. The van der Waals surface area contributed by atoms with Crippen molar-refractivity contribution in [2.24, 2.45) is 0 Å². The molecule has 0 heterocycles. The zero-order chi connectivity index (χ0) is 17.4. The highest BCUT2D eigenvalue weighted by Crippen LogP contribution is 2.28. The van der Waals surface area contributed by atoms with E-state index in [-0.39, 0.29) is 5.91 Å². The van der Waals surface area contributed by atoms with Gasteiger partial charge in [0.2, 0.25) is 0 Å². The minimum absolute atomic E-state index is 0.104. The number of amides is 1. The number of benzene rings is 2. The maximum atomic E-state index is 12.3. The standard InChI is InChI=1S/C20H21NO3/c1-4-14-24-18-12-10-16(15-19(18)23-3)11-13-20(22)21(2)17-8-6-5-7-9-17/h4-13,15H,1,14H2,2-3H3/b13-11+. The van der Waals surface area contributed by atoms with Gasteiger partial charge >= 0.3 is 0 Å². The molecule has 2 aromatic rings. The number of likely N-dealkylation sites (N-methyl/N-ethyl adjacent to an activating group) is 1. The predicted molar refractivity (Wildman–Crippen MR) is 97.6 cm³/mol. The molecule has 124 valence electrons. The first-order chi connectivity index (χ1) is 11.7. The van der Waals surface area contributed by atoms with Gasteiger partial charge in [-0.2, -0.15) is 0 Å². The molecule has 0 fully saturated rings. The summed E-state index contributed by atoms with van der Waals surface area (Å²) in [5.74, 6) is 1.15. The first kappa shape index (κ1) is 17.3. The summed E-state index contributed by atoms with van der Waals surface area (Å²) in [6.07, 6.45) is 4.96. The molecule has 2 aromatic carbocycles. The number of ether oxygens (including phenoxy) is 2. The Balaban J connectivity index is 2.10. The quantitative estimate of drug-likeness (QED) is 0.572. The van der Waals surface area contributed by atoms with Gasteiger partial charge in [-0.25, -0.2) is 0 Å². The Bertz CT molecular complexity index is 723. The third-order valence-corrected chi connectivity index (χ3v) is 3.44. The van der Waals surface area contributed by atoms with Crippen molar-refractivity contribution in [1.29, 1.82) is 0 Å². The molecule has 0 unspecified atom stereocenters. The van der Waals surface area contributed by atoms with Crippen LogP contribution in [0.3, 0.4) is 0 Å². The second-order valence-corrected chi connectivity index (χ2v) is 5.08. The number of methoxy groups -OCH3 is 1. The maximum Gasteiger partial charge on any atom is 0.250 e. The van der Waals surface area contributed by atoms with Crippen LogP contribution in [0.25, 0.3) is 6.08 Å². The molecule has 0 aliphatic heterocycles. The number of para-hydroxylation sites is 1. The molecule has 0 aliphatic carbocycles. The van der Waals surface area contributed by atoms with Gasteiger partial charge in [-0.05, 0) is 35.9 Å². The van der Waals surface area contributed by atoms with E-state index < -0.39 is 0 Å². The molecule has 0 bridgehead atoms. The van der Waals surface area contributed by atoms with Gasteiger partial charge in [0, 0.05) is 18.8 Å². The second-order valence-electron chi connectivity index (χ2n) is 5.08. The second kappa shape index (κ2) is 8.58. The van der Waals surface area contributed by atoms with E-state index in [1.807, 2.05) is 48.5 Å². The van der Waals surface area contributed by atoms with Gasteiger partial charge in [-0.3, -0.25) is 4.79 Å². The molecule has 0 saturated heterocycles. The van der Waals surface area contributed by atoms with E-state index in [2.05, 4.69) is 6.58 Å². The summed E-state index contributed by atoms with van der Waals surface area (Å²) in [5, 5.41) is 0. The molecular formula is C20H21NO3. The minimum Gasteiger partial charge on any atom is -0.493 e. The van der Waals surface area contributed by atoms with Crippen LogP contribution in [0.1, 0.15) is 5.56 Å². The summed E-state index contributed by atoms with van der Waals surface area (Å²) < 4.78 is 10.8. The SMILES string of the molecule is C=CCOc1ccc(/C=C/C(=O)N(C)c2ccccc2)cc1OC. The summed E-state index contributed by atoms with van der Waals surface area (Å²) in [5.41, 5.74) is 1.70. The lowest BCUT2D eigenvalue weighted by molar-refractivity contribution is -0.113. The van der Waals surface area contributed by atoms with Crippen molar-refractivity contribution in [3.05, 3.63) is 72.8 Å². The van der Waals surface area contributed by atoms with E-state index in [4.69, 9.17) is 9.47 Å². The molecular weight excluding hydrogens is 302 g/mol. The highest BCUT2D eigenvalue weighted by atomic mass is 16.5. The van der Waals surface area contributed by atoms with Crippen LogP contribution < -0.4 is 14.4 Å². The lowest BCUT2D eigenvalue weighted by Gasteiger charge is -2.14. The van der Waals surface area contributed by atoms with E-state index in [0.29, 0.717) is 18.1 Å². The first-order valence-electron chi connectivity index (χ1n) is 7.58. The monoisotopic (exact) mass is 323 g/mol. The zero-order valence-electron chi connectivity index (χ0n) is 13.9. The smallest absolute Gasteiger partial charge is 0.250 e. The highest BCUT2D eigenvalue weighted by Gasteiger charge is 2.07. The van der Waals surface area contributed by atoms with Crippen LogP contribution in [0.2, 0.25) is 0 Å². The summed E-state index contributed by atoms with van der Waals surface area (Å²) >= 11 is 0. The molecule has 0 aliphatic rings. The van der Waals surface area contributed by atoms with Gasteiger partial charge in [-0.15, -0.1) is 0 Å². The molecule has 0 radical (unpaired) electrons. The Morgan fingerprint density at radius 3 is 2.58 bits per heavy atom. The van der Waals surface area contributed by atoms with Crippen molar-refractivity contribution < 1.29 is 14.3 Å². The number of nitrogens with zero attached hydrogens (tertiary/aromatic N) is 1. The Morgan fingerprint density at radius 1 is 1.17 bits per heavy atom. The molecule has 0 aromatic heterocycles. The zero-order valence-corrected chi connectivity index (χ0v) is 13.9. The van der Waals surface area contributed by atoms with Crippen molar-refractivity contribution in [2.75, 3.05) is 25.7 Å². The third-order valence-electron chi connectivity index (χ3n) is 3.44. The van der Waals surface area contributed by atoms with Crippen molar-refractivity contribution in [2.45, 2.75) is 0 Å².